The van der Waals surface area contributed by atoms with Crippen LogP contribution in [0.25, 0.3) is 0 Å². The molecule has 1 heterocycles. The van der Waals surface area contributed by atoms with E-state index in [4.69, 9.17) is 5.11 Å². The summed E-state index contributed by atoms with van der Waals surface area (Å²) < 4.78 is 26.7. The van der Waals surface area contributed by atoms with E-state index in [9.17, 15) is 13.2 Å². The molecule has 5 nitrogen and oxygen atoms in total. The van der Waals surface area contributed by atoms with E-state index in [0.717, 1.165) is 0 Å². The quantitative estimate of drug-likeness (QED) is 0.912. The van der Waals surface area contributed by atoms with Crippen LogP contribution in [0.2, 0.25) is 0 Å². The highest BCUT2D eigenvalue weighted by Crippen LogP contribution is 2.28. The van der Waals surface area contributed by atoms with Gasteiger partial charge in [-0.3, -0.25) is 4.79 Å². The molecule has 1 aromatic carbocycles. The third-order valence-electron chi connectivity index (χ3n) is 3.30. The highest BCUT2D eigenvalue weighted by atomic mass is 32.2. The molecule has 21 heavy (non-hydrogen) atoms. The Labute approximate surface area is 129 Å². The summed E-state index contributed by atoms with van der Waals surface area (Å²) in [6.45, 7) is 5.07. The Morgan fingerprint density at radius 3 is 2.24 bits per heavy atom. The Hall–Kier alpha value is -1.05. The molecule has 0 spiro atoms. The van der Waals surface area contributed by atoms with Crippen LogP contribution >= 0.6 is 11.8 Å². The average Bonchev–Trinajstić information content (AvgIpc) is 2.37. The molecule has 0 radical (unpaired) electrons. The van der Waals surface area contributed by atoms with Gasteiger partial charge in [0.1, 0.15) is 0 Å². The van der Waals surface area contributed by atoms with Crippen molar-refractivity contribution in [1.82, 2.24) is 4.31 Å². The Balaban J connectivity index is 2.21. The molecule has 1 N–H and O–H groups in total. The zero-order valence-electron chi connectivity index (χ0n) is 12.0. The van der Waals surface area contributed by atoms with Crippen LogP contribution in [-0.2, 0) is 21.2 Å². The summed E-state index contributed by atoms with van der Waals surface area (Å²) in [4.78, 5) is 10.9. The van der Waals surface area contributed by atoms with Crippen LogP contribution < -0.4 is 0 Å². The van der Waals surface area contributed by atoms with Crippen molar-refractivity contribution >= 4 is 27.8 Å². The Bertz CT molecular complexity index is 602. The summed E-state index contributed by atoms with van der Waals surface area (Å²) in [5, 5.41) is 9.28. The minimum absolute atomic E-state index is 0.102. The van der Waals surface area contributed by atoms with Gasteiger partial charge in [0.25, 0.3) is 0 Å². The van der Waals surface area contributed by atoms with Crippen LogP contribution in [0, 0.1) is 0 Å². The van der Waals surface area contributed by atoms with Gasteiger partial charge in [0.05, 0.1) is 11.3 Å². The average molecular weight is 329 g/mol. The van der Waals surface area contributed by atoms with Crippen LogP contribution in [0.15, 0.2) is 29.2 Å². The summed E-state index contributed by atoms with van der Waals surface area (Å²) in [7, 11) is -3.50. The van der Waals surface area contributed by atoms with E-state index in [1.807, 2.05) is 13.8 Å². The molecule has 2 atom stereocenters. The molecule has 1 aromatic rings. The van der Waals surface area contributed by atoms with Gasteiger partial charge in [0, 0.05) is 23.6 Å². The van der Waals surface area contributed by atoms with Gasteiger partial charge in [-0.15, -0.1) is 0 Å². The van der Waals surface area contributed by atoms with E-state index in [1.54, 1.807) is 23.9 Å². The van der Waals surface area contributed by atoms with E-state index in [2.05, 4.69) is 0 Å². The SMILES string of the molecule is CC1CN(S(=O)(=O)c2ccc(CC(=O)O)cc2)CC(C)S1. The van der Waals surface area contributed by atoms with Gasteiger partial charge < -0.3 is 5.11 Å². The van der Waals surface area contributed by atoms with Gasteiger partial charge in [-0.25, -0.2) is 8.42 Å². The number of hydrogen-bond acceptors (Lipinski definition) is 4. The second kappa shape index (κ2) is 6.37. The van der Waals surface area contributed by atoms with Crippen molar-refractivity contribution in [2.75, 3.05) is 13.1 Å². The maximum atomic E-state index is 12.6. The number of rotatable bonds is 4. The summed E-state index contributed by atoms with van der Waals surface area (Å²) in [5.74, 6) is -0.929. The monoisotopic (exact) mass is 329 g/mol. The molecule has 1 aliphatic heterocycles. The highest BCUT2D eigenvalue weighted by Gasteiger charge is 2.31. The summed E-state index contributed by atoms with van der Waals surface area (Å²) in [5.41, 5.74) is 0.595. The Kier molecular flexibility index (Phi) is 4.95. The molecule has 7 heteroatoms. The van der Waals surface area contributed by atoms with Gasteiger partial charge in [0.15, 0.2) is 0 Å². The molecule has 2 rings (SSSR count). The number of thioether (sulfide) groups is 1. The lowest BCUT2D eigenvalue weighted by Crippen LogP contribution is -2.43. The second-order valence-electron chi connectivity index (χ2n) is 5.29. The molecule has 1 fully saturated rings. The smallest absolute Gasteiger partial charge is 0.307 e. The number of aliphatic carboxylic acids is 1. The van der Waals surface area contributed by atoms with Crippen LogP contribution in [0.3, 0.4) is 0 Å². The standard InChI is InChI=1S/C14H19NO4S2/c1-10-8-15(9-11(2)20-10)21(18,19)13-5-3-12(4-6-13)7-14(16)17/h3-6,10-11H,7-9H2,1-2H3,(H,16,17). The van der Waals surface area contributed by atoms with Gasteiger partial charge in [-0.2, -0.15) is 16.1 Å². The fourth-order valence-corrected chi connectivity index (χ4v) is 5.56. The topological polar surface area (TPSA) is 74.7 Å². The zero-order valence-corrected chi connectivity index (χ0v) is 13.7. The molecular formula is C14H19NO4S2. The number of carboxylic acids is 1. The van der Waals surface area contributed by atoms with Crippen LogP contribution in [0.5, 0.6) is 0 Å². The molecule has 116 valence electrons. The van der Waals surface area contributed by atoms with E-state index < -0.39 is 16.0 Å². The first kappa shape index (κ1) is 16.3. The Morgan fingerprint density at radius 2 is 1.76 bits per heavy atom. The van der Waals surface area contributed by atoms with Crippen LogP contribution in [-0.4, -0.2) is 47.4 Å². The largest absolute Gasteiger partial charge is 0.481 e. The summed E-state index contributed by atoms with van der Waals surface area (Å²) in [6, 6.07) is 6.11. The fraction of sp³-hybridized carbons (Fsp3) is 0.500. The van der Waals surface area contributed by atoms with Crippen molar-refractivity contribution in [3.63, 3.8) is 0 Å². The van der Waals surface area contributed by atoms with E-state index in [0.29, 0.717) is 18.7 Å². The third kappa shape index (κ3) is 3.99. The van der Waals surface area contributed by atoms with Gasteiger partial charge in [0.2, 0.25) is 10.0 Å². The molecule has 1 saturated heterocycles. The molecule has 0 aromatic heterocycles. The van der Waals surface area contributed by atoms with E-state index in [-0.39, 0.29) is 21.8 Å². The first-order valence-corrected chi connectivity index (χ1v) is 9.13. The minimum atomic E-state index is -3.50. The number of hydrogen-bond donors (Lipinski definition) is 1. The summed E-state index contributed by atoms with van der Waals surface area (Å²) >= 11 is 1.79. The number of sulfonamides is 1. The van der Waals surface area contributed by atoms with E-state index in [1.165, 1.54) is 16.4 Å². The van der Waals surface area contributed by atoms with Crippen LogP contribution in [0.1, 0.15) is 19.4 Å². The molecule has 0 bridgehead atoms. The zero-order chi connectivity index (χ0) is 15.6. The lowest BCUT2D eigenvalue weighted by Gasteiger charge is -2.33. The van der Waals surface area contributed by atoms with Gasteiger partial charge in [-0.05, 0) is 17.7 Å². The summed E-state index contributed by atoms with van der Waals surface area (Å²) in [6.07, 6.45) is -0.102. The lowest BCUT2D eigenvalue weighted by molar-refractivity contribution is -0.136. The minimum Gasteiger partial charge on any atom is -0.481 e. The number of carbonyl (C=O) groups is 1. The molecule has 2 unspecified atom stereocenters. The van der Waals surface area contributed by atoms with Gasteiger partial charge in [-0.1, -0.05) is 26.0 Å². The predicted molar refractivity (Wildman–Crippen MR) is 83.1 cm³/mol. The Morgan fingerprint density at radius 1 is 1.24 bits per heavy atom. The van der Waals surface area contributed by atoms with Crippen molar-refractivity contribution in [3.8, 4) is 0 Å². The maximum Gasteiger partial charge on any atom is 0.307 e. The predicted octanol–water partition coefficient (Wildman–Crippen LogP) is 1.83. The maximum absolute atomic E-state index is 12.6. The van der Waals surface area contributed by atoms with Crippen molar-refractivity contribution in [1.29, 1.82) is 0 Å². The second-order valence-corrected chi connectivity index (χ2v) is 9.11. The van der Waals surface area contributed by atoms with E-state index >= 15 is 0 Å². The number of nitrogens with zero attached hydrogens (tertiary/aromatic N) is 1. The molecule has 0 aliphatic carbocycles. The first-order valence-electron chi connectivity index (χ1n) is 6.75. The van der Waals surface area contributed by atoms with Crippen molar-refractivity contribution in [2.24, 2.45) is 0 Å². The third-order valence-corrected chi connectivity index (χ3v) is 6.38. The first-order chi connectivity index (χ1) is 9.79. The number of carboxylic acid groups (broad SMARTS) is 1. The van der Waals surface area contributed by atoms with Gasteiger partial charge >= 0.3 is 5.97 Å². The lowest BCUT2D eigenvalue weighted by atomic mass is 10.2. The normalized spacial score (nSPS) is 23.9. The molecule has 1 aliphatic rings. The molecule has 0 amide bonds. The van der Waals surface area contributed by atoms with Crippen molar-refractivity contribution in [2.45, 2.75) is 35.7 Å². The molecular weight excluding hydrogens is 310 g/mol. The van der Waals surface area contributed by atoms with Crippen molar-refractivity contribution < 1.29 is 18.3 Å². The van der Waals surface area contributed by atoms with Crippen molar-refractivity contribution in [3.05, 3.63) is 29.8 Å². The van der Waals surface area contributed by atoms with Crippen LogP contribution in [0.4, 0.5) is 0 Å². The number of benzene rings is 1. The highest BCUT2D eigenvalue weighted by molar-refractivity contribution is 8.00. The molecule has 0 saturated carbocycles. The fourth-order valence-electron chi connectivity index (χ4n) is 2.43.